The van der Waals surface area contributed by atoms with Gasteiger partial charge in [0.05, 0.1) is 30.8 Å². The van der Waals surface area contributed by atoms with Gasteiger partial charge >= 0.3 is 0 Å². The van der Waals surface area contributed by atoms with Crippen LogP contribution in [0.15, 0.2) is 77.2 Å². The Morgan fingerprint density at radius 1 is 1.19 bits per heavy atom. The highest BCUT2D eigenvalue weighted by atomic mass is 32.1. The van der Waals surface area contributed by atoms with E-state index in [-0.39, 0.29) is 0 Å². The van der Waals surface area contributed by atoms with Crippen molar-refractivity contribution in [3.63, 3.8) is 0 Å². The molecule has 5 rings (SSSR count). The average molecular weight is 500 g/mol. The second kappa shape index (κ2) is 11.3. The number of nitrogens with two attached hydrogens (primary N) is 1. The first-order valence-corrected chi connectivity index (χ1v) is 12.7. The Morgan fingerprint density at radius 2 is 2.08 bits per heavy atom. The van der Waals surface area contributed by atoms with Crippen molar-refractivity contribution in [2.45, 2.75) is 19.4 Å². The monoisotopic (exact) mass is 499 g/mol. The summed E-state index contributed by atoms with van der Waals surface area (Å²) in [5.74, 6) is 5.43. The van der Waals surface area contributed by atoms with Crippen molar-refractivity contribution in [1.29, 1.82) is 0 Å². The first-order valence-electron chi connectivity index (χ1n) is 11.9. The number of benzene rings is 2. The number of anilines is 1. The first-order chi connectivity index (χ1) is 17.7. The molecule has 0 radical (unpaired) electrons. The van der Waals surface area contributed by atoms with E-state index < -0.39 is 0 Å². The minimum atomic E-state index is 0.557. The lowest BCUT2D eigenvalue weighted by Gasteiger charge is -2.28. The number of hydrazone groups is 1. The van der Waals surface area contributed by atoms with Gasteiger partial charge in [0.2, 0.25) is 0 Å². The lowest BCUT2D eigenvalue weighted by Crippen LogP contribution is -2.30. The van der Waals surface area contributed by atoms with E-state index in [0.29, 0.717) is 13.2 Å². The summed E-state index contributed by atoms with van der Waals surface area (Å²) in [4.78, 5) is 13.0. The highest BCUT2D eigenvalue weighted by Gasteiger charge is 2.20. The predicted octanol–water partition coefficient (Wildman–Crippen LogP) is 3.86. The highest BCUT2D eigenvalue weighted by Crippen LogP contribution is 2.30. The number of aromatic nitrogens is 3. The Kier molecular flexibility index (Phi) is 7.49. The average Bonchev–Trinajstić information content (AvgIpc) is 3.61. The van der Waals surface area contributed by atoms with Gasteiger partial charge in [0, 0.05) is 55.7 Å². The molecule has 0 fully saturated rings. The molecule has 0 saturated carbocycles. The van der Waals surface area contributed by atoms with Gasteiger partial charge in [-0.15, -0.1) is 11.3 Å². The smallest absolute Gasteiger partial charge is 0.185 e. The molecule has 2 aromatic carbocycles. The van der Waals surface area contributed by atoms with E-state index in [4.69, 9.17) is 15.6 Å². The minimum Gasteiger partial charge on any atom is -0.383 e. The number of rotatable bonds is 9. The molecule has 0 unspecified atom stereocenters. The summed E-state index contributed by atoms with van der Waals surface area (Å²) in [6.45, 7) is 2.90. The summed E-state index contributed by atoms with van der Waals surface area (Å²) in [7, 11) is 1.67. The number of nitrogens with zero attached hydrogens (tertiary/aromatic N) is 6. The number of ether oxygens (including phenoxy) is 1. The molecular formula is C27H29N7OS. The zero-order valence-corrected chi connectivity index (χ0v) is 21.1. The van der Waals surface area contributed by atoms with E-state index in [1.807, 2.05) is 23.1 Å². The van der Waals surface area contributed by atoms with Crippen LogP contribution in [0.25, 0.3) is 5.69 Å². The summed E-state index contributed by atoms with van der Waals surface area (Å²) in [6, 6.07) is 16.9. The van der Waals surface area contributed by atoms with Gasteiger partial charge in [-0.3, -0.25) is 4.99 Å². The second-order valence-electron chi connectivity index (χ2n) is 8.60. The number of hydrogen-bond acceptors (Lipinski definition) is 8. The van der Waals surface area contributed by atoms with Crippen LogP contribution in [0.4, 0.5) is 5.13 Å². The summed E-state index contributed by atoms with van der Waals surface area (Å²) >= 11 is 1.77. The molecule has 0 atom stereocenters. The van der Waals surface area contributed by atoms with Crippen LogP contribution in [-0.4, -0.2) is 53.5 Å². The van der Waals surface area contributed by atoms with E-state index in [2.05, 4.69) is 62.6 Å². The Morgan fingerprint density at radius 3 is 2.86 bits per heavy atom. The largest absolute Gasteiger partial charge is 0.383 e. The lowest BCUT2D eigenvalue weighted by atomic mass is 9.96. The van der Waals surface area contributed by atoms with Crippen LogP contribution in [0, 0.1) is 0 Å². The molecule has 4 aromatic rings. The highest BCUT2D eigenvalue weighted by molar-refractivity contribution is 7.15. The summed E-state index contributed by atoms with van der Waals surface area (Å²) < 4.78 is 6.99. The standard InChI is InChI=1S/C27H29N7OS/c1-35-14-11-29-26(18-31-28)22-6-5-21-9-13-33(19-23(21)16-22)27-30-17-25(36-27)15-20-3-7-24(8-4-20)34-12-2-10-32-34/h2-8,10,12,16-18H,9,11,13-15,19,28H2,1H3. The summed E-state index contributed by atoms with van der Waals surface area (Å²) in [5, 5.41) is 9.05. The van der Waals surface area contributed by atoms with E-state index in [9.17, 15) is 0 Å². The fraction of sp³-hybridized carbons (Fsp3) is 0.259. The van der Waals surface area contributed by atoms with Gasteiger partial charge in [-0.25, -0.2) is 9.67 Å². The third-order valence-electron chi connectivity index (χ3n) is 6.18. The fourth-order valence-electron chi connectivity index (χ4n) is 4.33. The van der Waals surface area contributed by atoms with Gasteiger partial charge in [0.15, 0.2) is 5.13 Å². The first kappa shape index (κ1) is 23.9. The molecule has 3 heterocycles. The molecule has 36 heavy (non-hydrogen) atoms. The van der Waals surface area contributed by atoms with Crippen molar-refractivity contribution in [2.75, 3.05) is 31.7 Å². The van der Waals surface area contributed by atoms with E-state index >= 15 is 0 Å². The topological polar surface area (TPSA) is 93.9 Å². The van der Waals surface area contributed by atoms with Crippen molar-refractivity contribution < 1.29 is 4.74 Å². The zero-order chi connectivity index (χ0) is 24.7. The molecule has 0 saturated heterocycles. The Balaban J connectivity index is 1.27. The molecule has 184 valence electrons. The minimum absolute atomic E-state index is 0.557. The third kappa shape index (κ3) is 5.53. The molecule has 0 spiro atoms. The Bertz CT molecular complexity index is 1340. The van der Waals surface area contributed by atoms with Gasteiger partial charge < -0.3 is 15.5 Å². The summed E-state index contributed by atoms with van der Waals surface area (Å²) in [5.41, 5.74) is 6.75. The molecule has 1 aliphatic heterocycles. The molecular weight excluding hydrogens is 470 g/mol. The molecule has 9 heteroatoms. The van der Waals surface area contributed by atoms with E-state index in [0.717, 1.165) is 48.0 Å². The Hall–Kier alpha value is -3.82. The van der Waals surface area contributed by atoms with Crippen molar-refractivity contribution in [1.82, 2.24) is 14.8 Å². The number of thiazole rings is 1. The second-order valence-corrected chi connectivity index (χ2v) is 9.69. The predicted molar refractivity (Wildman–Crippen MR) is 146 cm³/mol. The SMILES string of the molecule is COCCN=C(C=NN)c1ccc2c(c1)CN(c1ncc(Cc3ccc(-n4cccn4)cc3)s1)CC2. The number of aliphatic imine (C=N–C) groups is 1. The number of methoxy groups -OCH3 is 1. The van der Waals surface area contributed by atoms with Crippen molar-refractivity contribution in [3.8, 4) is 5.69 Å². The van der Waals surface area contributed by atoms with Gasteiger partial charge in [-0.1, -0.05) is 24.3 Å². The maximum atomic E-state index is 5.43. The molecule has 8 nitrogen and oxygen atoms in total. The Labute approximate surface area is 214 Å². The lowest BCUT2D eigenvalue weighted by molar-refractivity contribution is 0.208. The van der Waals surface area contributed by atoms with Crippen LogP contribution in [-0.2, 0) is 24.1 Å². The molecule has 0 amide bonds. The quantitative estimate of drug-likeness (QED) is 0.163. The number of fused-ring (bicyclic) bond motifs is 1. The molecule has 1 aliphatic rings. The fourth-order valence-corrected chi connectivity index (χ4v) is 5.30. The van der Waals surface area contributed by atoms with Crippen molar-refractivity contribution in [3.05, 3.63) is 94.3 Å². The van der Waals surface area contributed by atoms with Crippen LogP contribution in [0.1, 0.15) is 27.1 Å². The van der Waals surface area contributed by atoms with Crippen LogP contribution in [0.2, 0.25) is 0 Å². The van der Waals surface area contributed by atoms with Crippen LogP contribution < -0.4 is 10.7 Å². The van der Waals surface area contributed by atoms with Gasteiger partial charge in [0.25, 0.3) is 0 Å². The zero-order valence-electron chi connectivity index (χ0n) is 20.2. The third-order valence-corrected chi connectivity index (χ3v) is 7.24. The van der Waals surface area contributed by atoms with Crippen LogP contribution in [0.3, 0.4) is 0 Å². The maximum absolute atomic E-state index is 5.43. The maximum Gasteiger partial charge on any atom is 0.185 e. The van der Waals surface area contributed by atoms with E-state index in [1.165, 1.54) is 21.6 Å². The number of hydrogen-bond donors (Lipinski definition) is 1. The van der Waals surface area contributed by atoms with Crippen LogP contribution >= 0.6 is 11.3 Å². The molecule has 0 aliphatic carbocycles. The normalized spacial score (nSPS) is 13.9. The van der Waals surface area contributed by atoms with Gasteiger partial charge in [0.1, 0.15) is 0 Å². The molecule has 0 bridgehead atoms. The van der Waals surface area contributed by atoms with E-state index in [1.54, 1.807) is 30.9 Å². The van der Waals surface area contributed by atoms with Gasteiger partial charge in [-0.2, -0.15) is 10.2 Å². The molecule has 2 aromatic heterocycles. The molecule has 2 N–H and O–H groups in total. The summed E-state index contributed by atoms with van der Waals surface area (Å²) in [6.07, 6.45) is 9.20. The van der Waals surface area contributed by atoms with Crippen LogP contribution in [0.5, 0.6) is 0 Å². The van der Waals surface area contributed by atoms with Crippen molar-refractivity contribution in [2.24, 2.45) is 15.9 Å². The van der Waals surface area contributed by atoms with Crippen molar-refractivity contribution >= 4 is 28.4 Å². The van der Waals surface area contributed by atoms with Gasteiger partial charge in [-0.05, 0) is 47.4 Å².